The molecule has 0 saturated carbocycles. The van der Waals surface area contributed by atoms with E-state index in [1.54, 1.807) is 62.8 Å². The Morgan fingerprint density at radius 2 is 1.24 bits per heavy atom. The molecule has 0 aromatic heterocycles. The van der Waals surface area contributed by atoms with Gasteiger partial charge >= 0.3 is 11.9 Å². The van der Waals surface area contributed by atoms with Crippen LogP contribution in [-0.4, -0.2) is 45.4 Å². The molecular weight excluding hydrogens is 422 g/mol. The van der Waals surface area contributed by atoms with Crippen molar-refractivity contribution < 1.29 is 28.5 Å². The first-order chi connectivity index (χ1) is 16.1. The van der Waals surface area contributed by atoms with Crippen molar-refractivity contribution >= 4 is 17.6 Å². The first kappa shape index (κ1) is 23.7. The van der Waals surface area contributed by atoms with Crippen molar-refractivity contribution in [3.8, 4) is 11.5 Å². The van der Waals surface area contributed by atoms with Crippen molar-refractivity contribution in [3.63, 3.8) is 0 Å². The maximum Gasteiger partial charge on any atom is 0.338 e. The van der Waals surface area contributed by atoms with E-state index in [1.807, 2.05) is 30.3 Å². The zero-order valence-corrected chi connectivity index (χ0v) is 18.7. The highest BCUT2D eigenvalue weighted by atomic mass is 16.5. The minimum absolute atomic E-state index is 0.111. The second kappa shape index (κ2) is 12.1. The molecule has 33 heavy (non-hydrogen) atoms. The molecule has 3 rings (SSSR count). The number of rotatable bonds is 11. The van der Waals surface area contributed by atoms with E-state index in [0.29, 0.717) is 29.0 Å². The number of hydrogen-bond donors (Lipinski definition) is 1. The van der Waals surface area contributed by atoms with Gasteiger partial charge in [-0.05, 0) is 60.7 Å². The van der Waals surface area contributed by atoms with E-state index >= 15 is 0 Å². The summed E-state index contributed by atoms with van der Waals surface area (Å²) in [5.74, 6) is 0.463. The molecule has 3 aromatic rings. The molecule has 7 nitrogen and oxygen atoms in total. The van der Waals surface area contributed by atoms with Crippen LogP contribution in [0.2, 0.25) is 0 Å². The summed E-state index contributed by atoms with van der Waals surface area (Å²) >= 11 is 0. The Morgan fingerprint density at radius 3 is 1.76 bits per heavy atom. The number of para-hydroxylation sites is 1. The number of carbonyl (C=O) groups is 2. The van der Waals surface area contributed by atoms with Gasteiger partial charge in [0.25, 0.3) is 0 Å². The van der Waals surface area contributed by atoms with Gasteiger partial charge in [-0.3, -0.25) is 0 Å². The number of anilines is 1. The highest BCUT2D eigenvalue weighted by molar-refractivity contribution is 5.90. The molecule has 0 aliphatic carbocycles. The number of ether oxygens (including phenoxy) is 4. The SMILES string of the molecule is COc1ccc(C(=O)OCCC(COC(=O)c2ccc(OC)cc2)Nc2ccccc2)cc1. The number of nitrogens with one attached hydrogen (secondary N) is 1. The maximum absolute atomic E-state index is 12.4. The summed E-state index contributed by atoms with van der Waals surface area (Å²) < 4.78 is 21.1. The Balaban J connectivity index is 1.56. The number of carbonyl (C=O) groups excluding carboxylic acids is 2. The van der Waals surface area contributed by atoms with E-state index in [1.165, 1.54) is 0 Å². The molecule has 0 bridgehead atoms. The van der Waals surface area contributed by atoms with Crippen molar-refractivity contribution in [3.05, 3.63) is 90.0 Å². The second-order valence-electron chi connectivity index (χ2n) is 7.19. The molecule has 0 amide bonds. The Hall–Kier alpha value is -4.00. The third-order valence-corrected chi connectivity index (χ3v) is 4.91. The fourth-order valence-corrected chi connectivity index (χ4v) is 3.06. The van der Waals surface area contributed by atoms with Crippen molar-refractivity contribution in [2.24, 2.45) is 0 Å². The van der Waals surface area contributed by atoms with Gasteiger partial charge in [-0.15, -0.1) is 0 Å². The van der Waals surface area contributed by atoms with E-state index in [0.717, 1.165) is 5.69 Å². The van der Waals surface area contributed by atoms with E-state index in [4.69, 9.17) is 18.9 Å². The van der Waals surface area contributed by atoms with Gasteiger partial charge in [-0.2, -0.15) is 0 Å². The first-order valence-corrected chi connectivity index (χ1v) is 10.5. The van der Waals surface area contributed by atoms with Crippen molar-refractivity contribution in [1.29, 1.82) is 0 Å². The Labute approximate surface area is 193 Å². The van der Waals surface area contributed by atoms with Crippen molar-refractivity contribution in [1.82, 2.24) is 0 Å². The topological polar surface area (TPSA) is 83.1 Å². The molecule has 3 aromatic carbocycles. The van der Waals surface area contributed by atoms with E-state index in [2.05, 4.69) is 5.32 Å². The van der Waals surface area contributed by atoms with Crippen LogP contribution >= 0.6 is 0 Å². The van der Waals surface area contributed by atoms with Crippen molar-refractivity contribution in [2.45, 2.75) is 12.5 Å². The van der Waals surface area contributed by atoms with E-state index in [-0.39, 0.29) is 19.3 Å². The van der Waals surface area contributed by atoms with Gasteiger partial charge in [-0.25, -0.2) is 9.59 Å². The van der Waals surface area contributed by atoms with Crippen LogP contribution in [0.4, 0.5) is 5.69 Å². The van der Waals surface area contributed by atoms with Crippen LogP contribution in [0.25, 0.3) is 0 Å². The molecule has 0 fully saturated rings. The summed E-state index contributed by atoms with van der Waals surface area (Å²) in [4.78, 5) is 24.7. The lowest BCUT2D eigenvalue weighted by atomic mass is 10.2. The number of hydrogen-bond acceptors (Lipinski definition) is 7. The molecular formula is C26H27NO6. The third kappa shape index (κ3) is 7.28. The highest BCUT2D eigenvalue weighted by Crippen LogP contribution is 2.15. The summed E-state index contributed by atoms with van der Waals surface area (Å²) in [7, 11) is 3.13. The zero-order chi connectivity index (χ0) is 23.5. The summed E-state index contributed by atoms with van der Waals surface area (Å²) in [6.07, 6.45) is 0.451. The van der Waals surface area contributed by atoms with Gasteiger partial charge < -0.3 is 24.3 Å². The minimum atomic E-state index is -0.437. The zero-order valence-electron chi connectivity index (χ0n) is 18.7. The lowest BCUT2D eigenvalue weighted by molar-refractivity contribution is 0.0418. The summed E-state index contributed by atoms with van der Waals surface area (Å²) in [6, 6.07) is 22.7. The highest BCUT2D eigenvalue weighted by Gasteiger charge is 2.15. The fraction of sp³-hybridized carbons (Fsp3) is 0.231. The van der Waals surface area contributed by atoms with Gasteiger partial charge in [0.2, 0.25) is 0 Å². The third-order valence-electron chi connectivity index (χ3n) is 4.91. The number of methoxy groups -OCH3 is 2. The van der Waals surface area contributed by atoms with Crippen LogP contribution in [0.3, 0.4) is 0 Å². The fourth-order valence-electron chi connectivity index (χ4n) is 3.06. The lowest BCUT2D eigenvalue weighted by Crippen LogP contribution is -2.29. The van der Waals surface area contributed by atoms with Gasteiger partial charge in [0.15, 0.2) is 0 Å². The second-order valence-corrected chi connectivity index (χ2v) is 7.19. The Bertz CT molecular complexity index is 1020. The first-order valence-electron chi connectivity index (χ1n) is 10.5. The van der Waals surface area contributed by atoms with Crippen LogP contribution < -0.4 is 14.8 Å². The molecule has 172 valence electrons. The number of benzene rings is 3. The molecule has 0 heterocycles. The van der Waals surface area contributed by atoms with Gasteiger partial charge in [-0.1, -0.05) is 18.2 Å². The summed E-state index contributed by atoms with van der Waals surface area (Å²) in [5, 5.41) is 3.33. The predicted octanol–water partition coefficient (Wildman–Crippen LogP) is 4.59. The molecule has 0 radical (unpaired) electrons. The number of esters is 2. The van der Waals surface area contributed by atoms with Gasteiger partial charge in [0, 0.05) is 12.1 Å². The van der Waals surface area contributed by atoms with E-state index < -0.39 is 11.9 Å². The molecule has 0 saturated heterocycles. The normalized spacial score (nSPS) is 11.2. The van der Waals surface area contributed by atoms with Crippen LogP contribution in [0.1, 0.15) is 27.1 Å². The molecule has 7 heteroatoms. The Morgan fingerprint density at radius 1 is 0.727 bits per heavy atom. The van der Waals surface area contributed by atoms with Crippen LogP contribution in [0, 0.1) is 0 Å². The van der Waals surface area contributed by atoms with Crippen molar-refractivity contribution in [2.75, 3.05) is 32.8 Å². The maximum atomic E-state index is 12.4. The quantitative estimate of drug-likeness (QED) is 0.429. The predicted molar refractivity (Wildman–Crippen MR) is 125 cm³/mol. The standard InChI is InChI=1S/C26H27NO6/c1-30-23-12-8-19(9-13-23)25(28)32-17-16-22(27-21-6-4-3-5-7-21)18-33-26(29)20-10-14-24(31-2)15-11-20/h3-15,22,27H,16-18H2,1-2H3. The smallest absolute Gasteiger partial charge is 0.338 e. The van der Waals surface area contributed by atoms with E-state index in [9.17, 15) is 9.59 Å². The summed E-state index contributed by atoms with van der Waals surface area (Å²) in [6.45, 7) is 0.273. The lowest BCUT2D eigenvalue weighted by Gasteiger charge is -2.20. The molecule has 0 aliphatic heterocycles. The molecule has 0 aliphatic rings. The molecule has 0 spiro atoms. The Kier molecular flexibility index (Phi) is 8.71. The minimum Gasteiger partial charge on any atom is -0.497 e. The van der Waals surface area contributed by atoms with Crippen LogP contribution in [-0.2, 0) is 9.47 Å². The average Bonchev–Trinajstić information content (AvgIpc) is 2.87. The monoisotopic (exact) mass is 449 g/mol. The van der Waals surface area contributed by atoms with Gasteiger partial charge in [0.1, 0.15) is 18.1 Å². The van der Waals surface area contributed by atoms with Crippen LogP contribution in [0.15, 0.2) is 78.9 Å². The largest absolute Gasteiger partial charge is 0.497 e. The van der Waals surface area contributed by atoms with Crippen LogP contribution in [0.5, 0.6) is 11.5 Å². The summed E-state index contributed by atoms with van der Waals surface area (Å²) in [5.41, 5.74) is 1.75. The molecule has 1 N–H and O–H groups in total. The van der Waals surface area contributed by atoms with Gasteiger partial charge in [0.05, 0.1) is 38.0 Å². The molecule has 1 atom stereocenters. The molecule has 1 unspecified atom stereocenters. The average molecular weight is 450 g/mol.